The molecule has 0 nitrogen and oxygen atoms in total. The summed E-state index contributed by atoms with van der Waals surface area (Å²) >= 11 is 7.17. The van der Waals surface area contributed by atoms with Gasteiger partial charge in [-0.25, -0.2) is 8.78 Å². The van der Waals surface area contributed by atoms with Gasteiger partial charge in [-0.2, -0.15) is 0 Å². The average molecular weight is 476 g/mol. The summed E-state index contributed by atoms with van der Waals surface area (Å²) in [5, 5.41) is 0. The summed E-state index contributed by atoms with van der Waals surface area (Å²) in [4.78, 5) is 0. The van der Waals surface area contributed by atoms with E-state index in [9.17, 15) is 8.78 Å². The smallest absolute Gasteiger partial charge is 0.123 e. The molecule has 0 saturated carbocycles. The average Bonchev–Trinajstić information content (AvgIpc) is 2.63. The quantitative estimate of drug-likeness (QED) is 0.337. The molecule has 0 fully saturated rings. The molecular weight excluding hydrogens is 462 g/mol. The maximum atomic E-state index is 13.0. The third-order valence-corrected chi connectivity index (χ3v) is 5.14. The van der Waals surface area contributed by atoms with Crippen LogP contribution < -0.4 is 0 Å². The first-order valence-corrected chi connectivity index (χ1v) is 9.46. The lowest BCUT2D eigenvalue weighted by atomic mass is 10.1. The van der Waals surface area contributed by atoms with E-state index in [1.165, 1.54) is 24.3 Å². The zero-order valence-corrected chi connectivity index (χ0v) is 16.8. The van der Waals surface area contributed by atoms with E-state index < -0.39 is 0 Å². The lowest BCUT2D eigenvalue weighted by Gasteiger charge is -2.05. The van der Waals surface area contributed by atoms with Crippen LogP contribution in [0.5, 0.6) is 0 Å². The predicted octanol–water partition coefficient (Wildman–Crippen LogP) is 7.83. The Hall–Kier alpha value is -2.04. The first-order chi connectivity index (χ1) is 12.5. The van der Waals surface area contributed by atoms with Crippen LogP contribution in [0.15, 0.2) is 69.6 Å². The minimum atomic E-state index is -0.247. The number of rotatable bonds is 4. The van der Waals surface area contributed by atoms with Crippen molar-refractivity contribution in [3.63, 3.8) is 0 Å². The summed E-state index contributed by atoms with van der Waals surface area (Å²) in [6.45, 7) is 0. The Morgan fingerprint density at radius 2 is 0.885 bits per heavy atom. The zero-order valence-electron chi connectivity index (χ0n) is 13.6. The third-order valence-electron chi connectivity index (χ3n) is 3.77. The first-order valence-electron chi connectivity index (χ1n) is 7.87. The molecule has 0 heterocycles. The van der Waals surface area contributed by atoms with Crippen molar-refractivity contribution in [1.82, 2.24) is 0 Å². The van der Waals surface area contributed by atoms with Gasteiger partial charge < -0.3 is 0 Å². The second-order valence-corrected chi connectivity index (χ2v) is 7.37. The Morgan fingerprint density at radius 1 is 0.538 bits per heavy atom. The summed E-state index contributed by atoms with van der Waals surface area (Å²) in [6, 6.07) is 16.7. The highest BCUT2D eigenvalue weighted by atomic mass is 79.9. The van der Waals surface area contributed by atoms with E-state index in [1.807, 2.05) is 36.4 Å². The van der Waals surface area contributed by atoms with E-state index >= 15 is 0 Å². The van der Waals surface area contributed by atoms with Crippen LogP contribution in [0.3, 0.4) is 0 Å². The Labute approximate surface area is 168 Å². The van der Waals surface area contributed by atoms with Gasteiger partial charge in [0, 0.05) is 8.95 Å². The molecule has 0 spiro atoms. The van der Waals surface area contributed by atoms with Gasteiger partial charge in [-0.05, 0) is 58.7 Å². The van der Waals surface area contributed by atoms with Gasteiger partial charge in [0.1, 0.15) is 11.6 Å². The van der Waals surface area contributed by atoms with Crippen molar-refractivity contribution >= 4 is 56.2 Å². The number of benzene rings is 3. The van der Waals surface area contributed by atoms with Crippen molar-refractivity contribution in [2.45, 2.75) is 0 Å². The predicted molar refractivity (Wildman–Crippen MR) is 112 cm³/mol. The SMILES string of the molecule is Fc1ccc(/C=C/c2cc(Br)c(/C=C/c3ccc(F)cc3)cc2Br)cc1. The monoisotopic (exact) mass is 474 g/mol. The molecule has 0 aromatic heterocycles. The van der Waals surface area contributed by atoms with Crippen molar-refractivity contribution in [2.75, 3.05) is 0 Å². The highest BCUT2D eigenvalue weighted by molar-refractivity contribution is 9.11. The highest BCUT2D eigenvalue weighted by Crippen LogP contribution is 2.29. The fourth-order valence-corrected chi connectivity index (χ4v) is 3.34. The summed E-state index contributed by atoms with van der Waals surface area (Å²) in [6.07, 6.45) is 7.80. The molecule has 3 rings (SSSR count). The van der Waals surface area contributed by atoms with Gasteiger partial charge in [0.05, 0.1) is 0 Å². The number of hydrogen-bond donors (Lipinski definition) is 0. The minimum absolute atomic E-state index is 0.247. The summed E-state index contributed by atoms with van der Waals surface area (Å²) < 4.78 is 27.8. The number of hydrogen-bond acceptors (Lipinski definition) is 0. The van der Waals surface area contributed by atoms with Crippen LogP contribution in [0.2, 0.25) is 0 Å². The molecule has 0 aliphatic heterocycles. The molecule has 0 amide bonds. The topological polar surface area (TPSA) is 0 Å². The summed E-state index contributed by atoms with van der Waals surface area (Å²) in [5.74, 6) is -0.494. The molecule has 0 aliphatic rings. The van der Waals surface area contributed by atoms with E-state index in [0.29, 0.717) is 0 Å². The molecule has 0 bridgehead atoms. The minimum Gasteiger partial charge on any atom is -0.207 e. The van der Waals surface area contributed by atoms with Crippen LogP contribution in [0.4, 0.5) is 8.78 Å². The zero-order chi connectivity index (χ0) is 18.5. The molecule has 130 valence electrons. The van der Waals surface area contributed by atoms with Gasteiger partial charge in [0.15, 0.2) is 0 Å². The van der Waals surface area contributed by atoms with Crippen LogP contribution in [0, 0.1) is 11.6 Å². The second-order valence-electron chi connectivity index (χ2n) is 5.67. The van der Waals surface area contributed by atoms with E-state index in [0.717, 1.165) is 31.2 Å². The largest absolute Gasteiger partial charge is 0.207 e. The first kappa shape index (κ1) is 18.7. The molecule has 3 aromatic rings. The maximum absolute atomic E-state index is 13.0. The van der Waals surface area contributed by atoms with Gasteiger partial charge in [-0.3, -0.25) is 0 Å². The molecule has 0 radical (unpaired) electrons. The fraction of sp³-hybridized carbons (Fsp3) is 0. The van der Waals surface area contributed by atoms with E-state index in [-0.39, 0.29) is 11.6 Å². The molecule has 3 aromatic carbocycles. The Kier molecular flexibility index (Phi) is 6.17. The van der Waals surface area contributed by atoms with Gasteiger partial charge >= 0.3 is 0 Å². The van der Waals surface area contributed by atoms with Crippen molar-refractivity contribution in [3.8, 4) is 0 Å². The van der Waals surface area contributed by atoms with E-state index in [2.05, 4.69) is 31.9 Å². The van der Waals surface area contributed by atoms with Gasteiger partial charge in [-0.1, -0.05) is 80.4 Å². The van der Waals surface area contributed by atoms with Gasteiger partial charge in [0.25, 0.3) is 0 Å². The van der Waals surface area contributed by atoms with Crippen LogP contribution in [-0.2, 0) is 0 Å². The molecule has 0 N–H and O–H groups in total. The lowest BCUT2D eigenvalue weighted by molar-refractivity contribution is 0.627. The highest BCUT2D eigenvalue weighted by Gasteiger charge is 2.03. The van der Waals surface area contributed by atoms with Crippen molar-refractivity contribution in [1.29, 1.82) is 0 Å². The summed E-state index contributed by atoms with van der Waals surface area (Å²) in [5.41, 5.74) is 3.85. The van der Waals surface area contributed by atoms with Crippen molar-refractivity contribution in [2.24, 2.45) is 0 Å². The van der Waals surface area contributed by atoms with E-state index in [4.69, 9.17) is 0 Å². The Morgan fingerprint density at radius 3 is 1.23 bits per heavy atom. The fourth-order valence-electron chi connectivity index (χ4n) is 2.35. The molecule has 0 aliphatic carbocycles. The standard InChI is InChI=1S/C22H14Br2F2/c23-21-14-18(8-2-16-5-11-20(26)12-6-16)22(24)13-17(21)7-1-15-3-9-19(25)10-4-15/h1-14H/b7-1+,8-2+. The van der Waals surface area contributed by atoms with Crippen molar-refractivity contribution in [3.05, 3.63) is 103 Å². The maximum Gasteiger partial charge on any atom is 0.123 e. The van der Waals surface area contributed by atoms with Crippen molar-refractivity contribution < 1.29 is 8.78 Å². The summed E-state index contributed by atoms with van der Waals surface area (Å²) in [7, 11) is 0. The van der Waals surface area contributed by atoms with Crippen LogP contribution in [0.25, 0.3) is 24.3 Å². The molecule has 0 saturated heterocycles. The van der Waals surface area contributed by atoms with E-state index in [1.54, 1.807) is 24.3 Å². The van der Waals surface area contributed by atoms with Crippen LogP contribution >= 0.6 is 31.9 Å². The number of halogens is 4. The van der Waals surface area contributed by atoms with Crippen LogP contribution in [0.1, 0.15) is 22.3 Å². The van der Waals surface area contributed by atoms with Crippen LogP contribution in [-0.4, -0.2) is 0 Å². The Bertz CT molecular complexity index is 875. The van der Waals surface area contributed by atoms with Gasteiger partial charge in [-0.15, -0.1) is 0 Å². The Balaban J connectivity index is 1.81. The van der Waals surface area contributed by atoms with Gasteiger partial charge in [0.2, 0.25) is 0 Å². The molecule has 26 heavy (non-hydrogen) atoms. The lowest BCUT2D eigenvalue weighted by Crippen LogP contribution is -1.83. The normalized spacial score (nSPS) is 11.5. The molecule has 4 heteroatoms. The molecular formula is C22H14Br2F2. The molecule has 0 unspecified atom stereocenters. The third kappa shape index (κ3) is 4.99. The molecule has 0 atom stereocenters. The second kappa shape index (κ2) is 8.56.